The number of hydrogen-bond acceptors (Lipinski definition) is 2. The van der Waals surface area contributed by atoms with Gasteiger partial charge < -0.3 is 9.13 Å². The molecule has 0 fully saturated rings. The van der Waals surface area contributed by atoms with Crippen LogP contribution in [0, 0.1) is 22.7 Å². The molecule has 224 valence electrons. The maximum absolute atomic E-state index is 10.2. The zero-order valence-corrected chi connectivity index (χ0v) is 26.1. The summed E-state index contributed by atoms with van der Waals surface area (Å²) in [6, 6.07) is 51.2. The minimum absolute atomic E-state index is 0.610. The Morgan fingerprint density at radius 3 is 1.94 bits per heavy atom. The average molecular weight is 613 g/mol. The molecule has 48 heavy (non-hydrogen) atoms. The molecule has 0 spiro atoms. The first kappa shape index (κ1) is 27.7. The molecule has 9 rings (SSSR count). The molecule has 0 aliphatic heterocycles. The van der Waals surface area contributed by atoms with Crippen molar-refractivity contribution in [2.75, 3.05) is 0 Å². The van der Waals surface area contributed by atoms with E-state index in [1.165, 1.54) is 27.4 Å². The molecule has 0 amide bonds. The molecule has 1 aliphatic rings. The second-order valence-corrected chi connectivity index (χ2v) is 12.3. The summed E-state index contributed by atoms with van der Waals surface area (Å²) in [7, 11) is 0. The zero-order valence-electron chi connectivity index (χ0n) is 26.1. The van der Waals surface area contributed by atoms with E-state index in [1.54, 1.807) is 0 Å². The summed E-state index contributed by atoms with van der Waals surface area (Å²) in [6.07, 6.45) is 6.21. The molecular weight excluding hydrogens is 585 g/mol. The first-order valence-electron chi connectivity index (χ1n) is 16.2. The number of nitrogens with zero attached hydrogens (tertiary/aromatic N) is 4. The number of allylic oxidation sites excluding steroid dienone is 1. The highest BCUT2D eigenvalue weighted by molar-refractivity contribution is 6.09. The lowest BCUT2D eigenvalue weighted by atomic mass is 9.97. The number of aromatic nitrogens is 2. The predicted octanol–water partition coefficient (Wildman–Crippen LogP) is 10.8. The third-order valence-electron chi connectivity index (χ3n) is 9.69. The molecule has 0 saturated carbocycles. The van der Waals surface area contributed by atoms with Crippen LogP contribution in [-0.4, -0.2) is 9.13 Å². The predicted molar refractivity (Wildman–Crippen MR) is 195 cm³/mol. The van der Waals surface area contributed by atoms with Gasteiger partial charge in [-0.25, -0.2) is 0 Å². The molecule has 0 atom stereocenters. The van der Waals surface area contributed by atoms with Crippen molar-refractivity contribution >= 4 is 38.8 Å². The largest absolute Gasteiger partial charge is 0.309 e. The Hall–Kier alpha value is -6.62. The lowest BCUT2D eigenvalue weighted by Gasteiger charge is -2.16. The Balaban J connectivity index is 1.16. The summed E-state index contributed by atoms with van der Waals surface area (Å²) >= 11 is 0. The van der Waals surface area contributed by atoms with Gasteiger partial charge in [-0.2, -0.15) is 10.5 Å². The smallest absolute Gasteiger partial charge is 0.101 e. The average Bonchev–Trinajstić information content (AvgIpc) is 3.67. The number of fused-ring (bicyclic) bond motifs is 6. The number of nitriles is 2. The van der Waals surface area contributed by atoms with Gasteiger partial charge in [0, 0.05) is 27.4 Å². The van der Waals surface area contributed by atoms with Crippen LogP contribution in [0.4, 0.5) is 0 Å². The van der Waals surface area contributed by atoms with E-state index in [0.717, 1.165) is 63.1 Å². The third kappa shape index (κ3) is 4.21. The van der Waals surface area contributed by atoms with E-state index < -0.39 is 0 Å². The number of para-hydroxylation sites is 3. The Morgan fingerprint density at radius 2 is 1.19 bits per heavy atom. The van der Waals surface area contributed by atoms with Crippen LogP contribution in [0.1, 0.15) is 28.8 Å². The van der Waals surface area contributed by atoms with Crippen LogP contribution >= 0.6 is 0 Å². The SMILES string of the molecule is N#Cc1ccc2c(c1)c1c(n2-c2cc(-c3ccc(-c4ccccc4-n4c5ccccc5c5ccccc54)cc3)ccc2C#N)C=CCC1. The Bertz CT molecular complexity index is 2630. The fourth-order valence-electron chi connectivity index (χ4n) is 7.49. The Morgan fingerprint density at radius 1 is 0.521 bits per heavy atom. The van der Waals surface area contributed by atoms with Crippen LogP contribution < -0.4 is 0 Å². The monoisotopic (exact) mass is 612 g/mol. The molecule has 0 N–H and O–H groups in total. The van der Waals surface area contributed by atoms with Gasteiger partial charge in [-0.05, 0) is 89.7 Å². The van der Waals surface area contributed by atoms with Gasteiger partial charge in [0.05, 0.1) is 45.1 Å². The summed E-state index contributed by atoms with van der Waals surface area (Å²) in [5.41, 5.74) is 13.3. The van der Waals surface area contributed by atoms with Gasteiger partial charge >= 0.3 is 0 Å². The summed E-state index contributed by atoms with van der Waals surface area (Å²) in [5, 5.41) is 23.4. The minimum Gasteiger partial charge on any atom is -0.309 e. The highest BCUT2D eigenvalue weighted by atomic mass is 15.0. The van der Waals surface area contributed by atoms with Gasteiger partial charge in [0.25, 0.3) is 0 Å². The summed E-state index contributed by atoms with van der Waals surface area (Å²) in [4.78, 5) is 0. The number of rotatable bonds is 4. The van der Waals surface area contributed by atoms with Gasteiger partial charge in [0.2, 0.25) is 0 Å². The van der Waals surface area contributed by atoms with Gasteiger partial charge in [-0.3, -0.25) is 0 Å². The van der Waals surface area contributed by atoms with E-state index in [2.05, 4.69) is 137 Å². The van der Waals surface area contributed by atoms with E-state index in [4.69, 9.17) is 0 Å². The normalized spacial score (nSPS) is 12.3. The highest BCUT2D eigenvalue weighted by Gasteiger charge is 2.21. The number of benzene rings is 6. The maximum atomic E-state index is 10.2. The molecule has 2 aromatic heterocycles. The first-order valence-corrected chi connectivity index (χ1v) is 16.2. The number of hydrogen-bond donors (Lipinski definition) is 0. The third-order valence-corrected chi connectivity index (χ3v) is 9.69. The van der Waals surface area contributed by atoms with Crippen LogP contribution in [0.25, 0.3) is 72.4 Å². The summed E-state index contributed by atoms with van der Waals surface area (Å²) in [6.45, 7) is 0. The van der Waals surface area contributed by atoms with Gasteiger partial charge in [0.1, 0.15) is 6.07 Å². The molecule has 0 bridgehead atoms. The number of aryl methyl sites for hydroxylation is 1. The van der Waals surface area contributed by atoms with E-state index >= 15 is 0 Å². The summed E-state index contributed by atoms with van der Waals surface area (Å²) in [5.74, 6) is 0. The van der Waals surface area contributed by atoms with Crippen molar-refractivity contribution in [1.82, 2.24) is 9.13 Å². The molecule has 0 radical (unpaired) electrons. The van der Waals surface area contributed by atoms with Crippen molar-refractivity contribution in [3.8, 4) is 45.8 Å². The van der Waals surface area contributed by atoms with E-state index in [9.17, 15) is 10.5 Å². The molecule has 1 aliphatic carbocycles. The Labute approximate surface area is 278 Å². The maximum Gasteiger partial charge on any atom is 0.101 e. The van der Waals surface area contributed by atoms with Crippen molar-refractivity contribution in [1.29, 1.82) is 10.5 Å². The van der Waals surface area contributed by atoms with Crippen LogP contribution in [0.3, 0.4) is 0 Å². The van der Waals surface area contributed by atoms with Crippen molar-refractivity contribution < 1.29 is 0 Å². The van der Waals surface area contributed by atoms with Gasteiger partial charge in [0.15, 0.2) is 0 Å². The summed E-state index contributed by atoms with van der Waals surface area (Å²) < 4.78 is 4.57. The van der Waals surface area contributed by atoms with Crippen molar-refractivity contribution in [3.63, 3.8) is 0 Å². The lowest BCUT2D eigenvalue weighted by Crippen LogP contribution is -2.03. The van der Waals surface area contributed by atoms with Gasteiger partial charge in [-0.15, -0.1) is 0 Å². The van der Waals surface area contributed by atoms with Crippen LogP contribution in [0.5, 0.6) is 0 Å². The fraction of sp³-hybridized carbons (Fsp3) is 0.0455. The Kier molecular flexibility index (Phi) is 6.35. The minimum atomic E-state index is 0.610. The molecular formula is C44H28N4. The fourth-order valence-corrected chi connectivity index (χ4v) is 7.49. The molecule has 4 heteroatoms. The standard InChI is InChI=1S/C44H28N4/c45-27-29-17-24-43-38(25-29)37-12-4-8-16-42(37)48(43)44-26-32(22-23-33(44)28-46)30-18-20-31(21-19-30)34-9-1-5-13-39(34)47-40-14-6-2-10-35(40)36-11-3-7-15-41(36)47/h1-3,5-11,13-26H,4,12H2. The second-order valence-electron chi connectivity index (χ2n) is 12.3. The van der Waals surface area contributed by atoms with Crippen LogP contribution in [0.15, 0.2) is 140 Å². The van der Waals surface area contributed by atoms with Crippen LogP contribution in [-0.2, 0) is 6.42 Å². The van der Waals surface area contributed by atoms with Gasteiger partial charge in [-0.1, -0.05) is 91.0 Å². The van der Waals surface area contributed by atoms with E-state index in [-0.39, 0.29) is 0 Å². The quantitative estimate of drug-likeness (QED) is 0.199. The van der Waals surface area contributed by atoms with Crippen molar-refractivity contribution in [2.24, 2.45) is 0 Å². The molecule has 0 saturated heterocycles. The van der Waals surface area contributed by atoms with Crippen LogP contribution in [0.2, 0.25) is 0 Å². The van der Waals surface area contributed by atoms with Crippen molar-refractivity contribution in [2.45, 2.75) is 12.8 Å². The second kappa shape index (κ2) is 11.0. The molecule has 2 heterocycles. The molecule has 0 unspecified atom stereocenters. The zero-order chi connectivity index (χ0) is 32.2. The van der Waals surface area contributed by atoms with E-state index in [1.807, 2.05) is 30.3 Å². The van der Waals surface area contributed by atoms with E-state index in [0.29, 0.717) is 11.1 Å². The lowest BCUT2D eigenvalue weighted by molar-refractivity contribution is 0.966. The topological polar surface area (TPSA) is 57.4 Å². The first-order chi connectivity index (χ1) is 23.7. The van der Waals surface area contributed by atoms with Crippen molar-refractivity contribution in [3.05, 3.63) is 162 Å². The molecule has 6 aromatic carbocycles. The molecule has 4 nitrogen and oxygen atoms in total. The highest BCUT2D eigenvalue weighted by Crippen LogP contribution is 2.39. The molecule has 8 aromatic rings.